The third-order valence-corrected chi connectivity index (χ3v) is 3.37. The molecule has 1 rings (SSSR count). The quantitative estimate of drug-likeness (QED) is 0.565. The number of hydrogen-bond acceptors (Lipinski definition) is 1. The van der Waals surface area contributed by atoms with Gasteiger partial charge in [-0.2, -0.15) is 0 Å². The zero-order valence-electron chi connectivity index (χ0n) is 12.0. The van der Waals surface area contributed by atoms with Gasteiger partial charge in [-0.1, -0.05) is 69.4 Å². The summed E-state index contributed by atoms with van der Waals surface area (Å²) in [7, 11) is 0. The van der Waals surface area contributed by atoms with Crippen LogP contribution < -0.4 is 5.32 Å². The summed E-state index contributed by atoms with van der Waals surface area (Å²) in [5.41, 5.74) is 1.46. The first kappa shape index (κ1) is 15.2. The van der Waals surface area contributed by atoms with Crippen LogP contribution in [0.15, 0.2) is 30.3 Å². The summed E-state index contributed by atoms with van der Waals surface area (Å²) in [4.78, 5) is 0. The molecule has 1 N–H and O–H groups in total. The average Bonchev–Trinajstić information content (AvgIpc) is 2.42. The molecule has 0 fully saturated rings. The molecular formula is C17H29N. The van der Waals surface area contributed by atoms with Gasteiger partial charge in [-0.15, -0.1) is 0 Å². The van der Waals surface area contributed by atoms with Crippen molar-refractivity contribution in [2.75, 3.05) is 13.1 Å². The van der Waals surface area contributed by atoms with E-state index in [4.69, 9.17) is 0 Å². The second kappa shape index (κ2) is 11.3. The minimum absolute atomic E-state index is 1.16. The highest BCUT2D eigenvalue weighted by Crippen LogP contribution is 2.04. The van der Waals surface area contributed by atoms with Crippen LogP contribution in [0.4, 0.5) is 0 Å². The number of nitrogens with one attached hydrogen (secondary N) is 1. The molecule has 0 bridgehead atoms. The first-order valence-corrected chi connectivity index (χ1v) is 7.68. The monoisotopic (exact) mass is 247 g/mol. The van der Waals surface area contributed by atoms with E-state index in [1.165, 1.54) is 63.5 Å². The van der Waals surface area contributed by atoms with Crippen LogP contribution in [0.3, 0.4) is 0 Å². The first-order chi connectivity index (χ1) is 8.93. The van der Waals surface area contributed by atoms with E-state index in [0.29, 0.717) is 0 Å². The standard InChI is InChI=1S/C17H29N/c1-2-3-4-5-6-10-15-18-16-11-14-17-12-8-7-9-13-17/h7-9,12-13,18H,2-6,10-11,14-16H2,1H3. The molecule has 0 heterocycles. The van der Waals surface area contributed by atoms with Crippen molar-refractivity contribution >= 4 is 0 Å². The number of unbranched alkanes of at least 4 members (excludes halogenated alkanes) is 5. The van der Waals surface area contributed by atoms with Gasteiger partial charge in [0.15, 0.2) is 0 Å². The van der Waals surface area contributed by atoms with Crippen molar-refractivity contribution in [1.82, 2.24) is 5.32 Å². The number of rotatable bonds is 11. The molecule has 0 aliphatic heterocycles. The van der Waals surface area contributed by atoms with Gasteiger partial charge in [0.05, 0.1) is 0 Å². The molecule has 0 spiro atoms. The lowest BCUT2D eigenvalue weighted by Crippen LogP contribution is -2.17. The Balaban J connectivity index is 1.82. The molecule has 0 unspecified atom stereocenters. The van der Waals surface area contributed by atoms with Crippen LogP contribution in [0.5, 0.6) is 0 Å². The summed E-state index contributed by atoms with van der Waals surface area (Å²) in [6.45, 7) is 4.62. The second-order valence-electron chi connectivity index (χ2n) is 5.11. The van der Waals surface area contributed by atoms with E-state index < -0.39 is 0 Å². The molecule has 0 amide bonds. The number of benzene rings is 1. The SMILES string of the molecule is CCCCCCCCNCCCc1ccccc1. The first-order valence-electron chi connectivity index (χ1n) is 7.68. The lowest BCUT2D eigenvalue weighted by atomic mass is 10.1. The summed E-state index contributed by atoms with van der Waals surface area (Å²) in [5.74, 6) is 0. The van der Waals surface area contributed by atoms with E-state index in [2.05, 4.69) is 42.6 Å². The number of hydrogen-bond donors (Lipinski definition) is 1. The van der Waals surface area contributed by atoms with Gasteiger partial charge in [-0.3, -0.25) is 0 Å². The molecule has 0 saturated heterocycles. The molecule has 0 aromatic heterocycles. The third-order valence-electron chi connectivity index (χ3n) is 3.37. The zero-order chi connectivity index (χ0) is 12.9. The maximum absolute atomic E-state index is 3.55. The normalized spacial score (nSPS) is 10.7. The Morgan fingerprint density at radius 1 is 0.778 bits per heavy atom. The van der Waals surface area contributed by atoms with Crippen molar-refractivity contribution in [2.24, 2.45) is 0 Å². The molecule has 0 aliphatic carbocycles. The third kappa shape index (κ3) is 8.30. The topological polar surface area (TPSA) is 12.0 Å². The van der Waals surface area contributed by atoms with Crippen LogP contribution in [0, 0.1) is 0 Å². The van der Waals surface area contributed by atoms with Crippen LogP contribution >= 0.6 is 0 Å². The highest BCUT2D eigenvalue weighted by atomic mass is 14.8. The van der Waals surface area contributed by atoms with E-state index in [1.54, 1.807) is 0 Å². The molecule has 18 heavy (non-hydrogen) atoms. The molecule has 0 saturated carbocycles. The van der Waals surface area contributed by atoms with Crippen LogP contribution in [0.25, 0.3) is 0 Å². The van der Waals surface area contributed by atoms with Crippen molar-refractivity contribution in [1.29, 1.82) is 0 Å². The molecule has 1 nitrogen and oxygen atoms in total. The van der Waals surface area contributed by atoms with Crippen molar-refractivity contribution < 1.29 is 0 Å². The van der Waals surface area contributed by atoms with Crippen LogP contribution in [0.2, 0.25) is 0 Å². The highest BCUT2D eigenvalue weighted by Gasteiger charge is 1.93. The smallest absolute Gasteiger partial charge is 0.00457 e. The Kier molecular flexibility index (Phi) is 9.55. The summed E-state index contributed by atoms with van der Waals surface area (Å²) in [6.07, 6.45) is 10.8. The van der Waals surface area contributed by atoms with Gasteiger partial charge in [0.25, 0.3) is 0 Å². The Morgan fingerprint density at radius 2 is 1.44 bits per heavy atom. The molecule has 1 aromatic rings. The largest absolute Gasteiger partial charge is 0.317 e. The molecule has 0 aliphatic rings. The van der Waals surface area contributed by atoms with Crippen LogP contribution in [-0.4, -0.2) is 13.1 Å². The Bertz CT molecular complexity index is 268. The van der Waals surface area contributed by atoms with Gasteiger partial charge in [-0.25, -0.2) is 0 Å². The average molecular weight is 247 g/mol. The minimum atomic E-state index is 1.16. The molecule has 0 radical (unpaired) electrons. The summed E-state index contributed by atoms with van der Waals surface area (Å²) < 4.78 is 0. The molecule has 102 valence electrons. The van der Waals surface area contributed by atoms with Gasteiger partial charge < -0.3 is 5.32 Å². The van der Waals surface area contributed by atoms with E-state index in [-0.39, 0.29) is 0 Å². The van der Waals surface area contributed by atoms with Crippen molar-refractivity contribution in [2.45, 2.75) is 58.3 Å². The zero-order valence-corrected chi connectivity index (χ0v) is 12.0. The fourth-order valence-corrected chi connectivity index (χ4v) is 2.22. The lowest BCUT2D eigenvalue weighted by molar-refractivity contribution is 0.565. The summed E-state index contributed by atoms with van der Waals surface area (Å²) >= 11 is 0. The van der Waals surface area contributed by atoms with Crippen molar-refractivity contribution in [3.05, 3.63) is 35.9 Å². The second-order valence-corrected chi connectivity index (χ2v) is 5.11. The molecular weight excluding hydrogens is 218 g/mol. The van der Waals surface area contributed by atoms with Gasteiger partial charge in [-0.05, 0) is 37.9 Å². The van der Waals surface area contributed by atoms with E-state index in [9.17, 15) is 0 Å². The Morgan fingerprint density at radius 3 is 2.22 bits per heavy atom. The molecule has 1 heteroatoms. The fourth-order valence-electron chi connectivity index (χ4n) is 2.22. The van der Waals surface area contributed by atoms with Gasteiger partial charge in [0.1, 0.15) is 0 Å². The van der Waals surface area contributed by atoms with E-state index in [0.717, 1.165) is 6.54 Å². The highest BCUT2D eigenvalue weighted by molar-refractivity contribution is 5.14. The summed E-state index contributed by atoms with van der Waals surface area (Å²) in [6, 6.07) is 10.8. The van der Waals surface area contributed by atoms with Crippen LogP contribution in [-0.2, 0) is 6.42 Å². The van der Waals surface area contributed by atoms with Crippen molar-refractivity contribution in [3.8, 4) is 0 Å². The fraction of sp³-hybridized carbons (Fsp3) is 0.647. The van der Waals surface area contributed by atoms with E-state index in [1.807, 2.05) is 0 Å². The number of aryl methyl sites for hydroxylation is 1. The lowest BCUT2D eigenvalue weighted by Gasteiger charge is -2.05. The van der Waals surface area contributed by atoms with E-state index >= 15 is 0 Å². The predicted molar refractivity (Wildman–Crippen MR) is 81.0 cm³/mol. The predicted octanol–water partition coefficient (Wildman–Crippen LogP) is 4.57. The minimum Gasteiger partial charge on any atom is -0.317 e. The molecule has 1 aromatic carbocycles. The maximum atomic E-state index is 3.55. The Hall–Kier alpha value is -0.820. The maximum Gasteiger partial charge on any atom is -0.00457 e. The molecule has 0 atom stereocenters. The Labute approximate surface area is 113 Å². The van der Waals surface area contributed by atoms with Crippen LogP contribution in [0.1, 0.15) is 57.4 Å². The van der Waals surface area contributed by atoms with Crippen molar-refractivity contribution in [3.63, 3.8) is 0 Å². The van der Waals surface area contributed by atoms with Gasteiger partial charge in [0, 0.05) is 0 Å². The summed E-state index contributed by atoms with van der Waals surface area (Å²) in [5, 5.41) is 3.55. The van der Waals surface area contributed by atoms with Gasteiger partial charge >= 0.3 is 0 Å². The van der Waals surface area contributed by atoms with Gasteiger partial charge in [0.2, 0.25) is 0 Å².